The van der Waals surface area contributed by atoms with E-state index in [1.807, 2.05) is 30.5 Å². The summed E-state index contributed by atoms with van der Waals surface area (Å²) in [5.74, 6) is -0.000474. The van der Waals surface area contributed by atoms with E-state index in [1.54, 1.807) is 7.05 Å². The number of nitrogens with one attached hydrogen (secondary N) is 1. The third-order valence-electron chi connectivity index (χ3n) is 2.47. The SMILES string of the molecule is CN[C@H](CCc1ccc(OSC)cc1)C(=O)O. The standard InChI is InChI=1S/C12H17NO3S/c1-13-11(12(14)15)8-5-9-3-6-10(7-4-9)16-17-2/h3-4,6-7,11,13H,5,8H2,1-2H3,(H,14,15)/t11-/m1/s1. The number of carbonyl (C=O) groups is 1. The number of rotatable bonds is 7. The van der Waals surface area contributed by atoms with Crippen LogP contribution in [0.3, 0.4) is 0 Å². The molecule has 0 saturated heterocycles. The van der Waals surface area contributed by atoms with Gasteiger partial charge in [-0.15, -0.1) is 0 Å². The van der Waals surface area contributed by atoms with Crippen LogP contribution in [0.4, 0.5) is 0 Å². The number of carboxylic acid groups (broad SMARTS) is 1. The third kappa shape index (κ3) is 4.66. The smallest absolute Gasteiger partial charge is 0.320 e. The van der Waals surface area contributed by atoms with E-state index in [9.17, 15) is 4.79 Å². The van der Waals surface area contributed by atoms with Gasteiger partial charge in [0, 0.05) is 6.26 Å². The molecule has 0 fully saturated rings. The fraction of sp³-hybridized carbons (Fsp3) is 0.417. The van der Waals surface area contributed by atoms with Gasteiger partial charge in [0.05, 0.1) is 12.0 Å². The Morgan fingerprint density at radius 2 is 2.12 bits per heavy atom. The summed E-state index contributed by atoms with van der Waals surface area (Å²) in [7, 11) is 1.66. The van der Waals surface area contributed by atoms with Gasteiger partial charge in [0.2, 0.25) is 0 Å². The van der Waals surface area contributed by atoms with Crippen molar-refractivity contribution in [1.82, 2.24) is 5.32 Å². The molecule has 0 aliphatic rings. The minimum absolute atomic E-state index is 0.489. The second-order valence-corrected chi connectivity index (χ2v) is 4.11. The van der Waals surface area contributed by atoms with E-state index in [4.69, 9.17) is 9.29 Å². The van der Waals surface area contributed by atoms with E-state index < -0.39 is 12.0 Å². The highest BCUT2D eigenvalue weighted by atomic mass is 32.2. The van der Waals surface area contributed by atoms with Crippen molar-refractivity contribution in [2.24, 2.45) is 0 Å². The predicted octanol–water partition coefficient (Wildman–Crippen LogP) is 1.95. The average molecular weight is 255 g/mol. The number of benzene rings is 1. The Bertz CT molecular complexity index is 353. The zero-order valence-corrected chi connectivity index (χ0v) is 10.8. The molecule has 0 unspecified atom stereocenters. The number of aliphatic carboxylic acids is 1. The lowest BCUT2D eigenvalue weighted by atomic mass is 10.1. The number of likely N-dealkylation sites (N-methyl/N-ethyl adjacent to an activating group) is 1. The summed E-state index contributed by atoms with van der Waals surface area (Å²) >= 11 is 1.30. The van der Waals surface area contributed by atoms with Crippen molar-refractivity contribution in [2.45, 2.75) is 18.9 Å². The van der Waals surface area contributed by atoms with Crippen LogP contribution in [0.25, 0.3) is 0 Å². The predicted molar refractivity (Wildman–Crippen MR) is 69.4 cm³/mol. The van der Waals surface area contributed by atoms with Gasteiger partial charge in [-0.25, -0.2) is 0 Å². The lowest BCUT2D eigenvalue weighted by molar-refractivity contribution is -0.139. The molecule has 4 nitrogen and oxygen atoms in total. The number of hydrogen-bond donors (Lipinski definition) is 2. The first-order chi connectivity index (χ1) is 8.17. The highest BCUT2D eigenvalue weighted by Gasteiger charge is 2.13. The van der Waals surface area contributed by atoms with Gasteiger partial charge < -0.3 is 14.6 Å². The molecule has 0 spiro atoms. The Labute approximate surface area is 106 Å². The fourth-order valence-electron chi connectivity index (χ4n) is 1.51. The summed E-state index contributed by atoms with van der Waals surface area (Å²) in [6.07, 6.45) is 3.17. The molecule has 0 aliphatic carbocycles. The van der Waals surface area contributed by atoms with Gasteiger partial charge in [-0.2, -0.15) is 0 Å². The quantitative estimate of drug-likeness (QED) is 0.729. The zero-order valence-electron chi connectivity index (χ0n) is 9.97. The highest BCUT2D eigenvalue weighted by Crippen LogP contribution is 2.16. The maximum atomic E-state index is 10.8. The molecule has 0 aromatic heterocycles. The maximum Gasteiger partial charge on any atom is 0.320 e. The Morgan fingerprint density at radius 3 is 2.59 bits per heavy atom. The average Bonchev–Trinajstić information content (AvgIpc) is 2.32. The van der Waals surface area contributed by atoms with E-state index in [2.05, 4.69) is 5.32 Å². The van der Waals surface area contributed by atoms with E-state index in [-0.39, 0.29) is 0 Å². The molecular formula is C12H17NO3S. The molecule has 1 rings (SSSR count). The summed E-state index contributed by atoms with van der Waals surface area (Å²) in [6, 6.07) is 7.21. The van der Waals surface area contributed by atoms with Crippen molar-refractivity contribution in [2.75, 3.05) is 13.3 Å². The summed E-state index contributed by atoms with van der Waals surface area (Å²) in [4.78, 5) is 10.8. The largest absolute Gasteiger partial charge is 0.480 e. The van der Waals surface area contributed by atoms with Gasteiger partial charge in [-0.05, 0) is 37.6 Å². The fourth-order valence-corrected chi connectivity index (χ4v) is 1.81. The lowest BCUT2D eigenvalue weighted by Crippen LogP contribution is -2.34. The van der Waals surface area contributed by atoms with Crippen LogP contribution >= 0.6 is 12.0 Å². The Balaban J connectivity index is 2.49. The molecule has 0 amide bonds. The van der Waals surface area contributed by atoms with Crippen LogP contribution in [0.1, 0.15) is 12.0 Å². The second kappa shape index (κ2) is 7.19. The van der Waals surface area contributed by atoms with Gasteiger partial charge >= 0.3 is 5.97 Å². The topological polar surface area (TPSA) is 58.6 Å². The van der Waals surface area contributed by atoms with Gasteiger partial charge in [-0.1, -0.05) is 12.1 Å². The summed E-state index contributed by atoms with van der Waals surface area (Å²) in [5, 5.41) is 11.7. The molecule has 5 heteroatoms. The summed E-state index contributed by atoms with van der Waals surface area (Å²) in [6.45, 7) is 0. The molecule has 2 N–H and O–H groups in total. The molecule has 0 aliphatic heterocycles. The van der Waals surface area contributed by atoms with Crippen LogP contribution < -0.4 is 9.50 Å². The van der Waals surface area contributed by atoms with Crippen LogP contribution in [0.2, 0.25) is 0 Å². The van der Waals surface area contributed by atoms with Crippen molar-refractivity contribution in [3.63, 3.8) is 0 Å². The monoisotopic (exact) mass is 255 g/mol. The minimum Gasteiger partial charge on any atom is -0.480 e. The molecule has 0 radical (unpaired) electrons. The Morgan fingerprint density at radius 1 is 1.47 bits per heavy atom. The molecule has 0 heterocycles. The van der Waals surface area contributed by atoms with Crippen molar-refractivity contribution in [1.29, 1.82) is 0 Å². The maximum absolute atomic E-state index is 10.8. The van der Waals surface area contributed by atoms with E-state index in [0.717, 1.165) is 17.7 Å². The molecule has 94 valence electrons. The molecule has 1 aromatic rings. The zero-order chi connectivity index (χ0) is 12.7. The van der Waals surface area contributed by atoms with Crippen LogP contribution in [0.5, 0.6) is 5.75 Å². The molecular weight excluding hydrogens is 238 g/mol. The summed E-state index contributed by atoms with van der Waals surface area (Å²) < 4.78 is 5.26. The first-order valence-corrected chi connectivity index (χ1v) is 6.52. The van der Waals surface area contributed by atoms with Crippen molar-refractivity contribution >= 4 is 18.0 Å². The van der Waals surface area contributed by atoms with Crippen LogP contribution in [0.15, 0.2) is 24.3 Å². The molecule has 1 aromatic carbocycles. The second-order valence-electron chi connectivity index (χ2n) is 3.61. The van der Waals surface area contributed by atoms with Gasteiger partial charge in [0.25, 0.3) is 0 Å². The molecule has 1 atom stereocenters. The Hall–Kier alpha value is -1.20. The third-order valence-corrected chi connectivity index (χ3v) is 2.83. The van der Waals surface area contributed by atoms with Gasteiger partial charge in [0.1, 0.15) is 11.8 Å². The van der Waals surface area contributed by atoms with E-state index in [0.29, 0.717) is 6.42 Å². The van der Waals surface area contributed by atoms with Crippen molar-refractivity contribution in [3.05, 3.63) is 29.8 Å². The van der Waals surface area contributed by atoms with Crippen molar-refractivity contribution < 1.29 is 14.1 Å². The number of carboxylic acids is 1. The Kier molecular flexibility index (Phi) is 5.86. The molecule has 0 bridgehead atoms. The van der Waals surface area contributed by atoms with Gasteiger partial charge in [-0.3, -0.25) is 4.79 Å². The lowest BCUT2D eigenvalue weighted by Gasteiger charge is -2.10. The number of aryl methyl sites for hydroxylation is 1. The normalized spacial score (nSPS) is 12.1. The van der Waals surface area contributed by atoms with Crippen molar-refractivity contribution in [3.8, 4) is 5.75 Å². The van der Waals surface area contributed by atoms with Crippen LogP contribution in [0, 0.1) is 0 Å². The highest BCUT2D eigenvalue weighted by molar-refractivity contribution is 7.94. The summed E-state index contributed by atoms with van der Waals surface area (Å²) in [5.41, 5.74) is 1.11. The van der Waals surface area contributed by atoms with Gasteiger partial charge in [0.15, 0.2) is 0 Å². The molecule has 17 heavy (non-hydrogen) atoms. The first kappa shape index (κ1) is 13.9. The van der Waals surface area contributed by atoms with Crippen LogP contribution in [-0.4, -0.2) is 30.4 Å². The number of hydrogen-bond acceptors (Lipinski definition) is 4. The van der Waals surface area contributed by atoms with E-state index in [1.165, 1.54) is 12.0 Å². The minimum atomic E-state index is -0.810. The van der Waals surface area contributed by atoms with E-state index >= 15 is 0 Å². The first-order valence-electron chi connectivity index (χ1n) is 5.37. The molecule has 0 saturated carbocycles. The van der Waals surface area contributed by atoms with Crippen LogP contribution in [-0.2, 0) is 11.2 Å².